The van der Waals surface area contributed by atoms with E-state index < -0.39 is 41.6 Å². The summed E-state index contributed by atoms with van der Waals surface area (Å²) in [6.45, 7) is 11.1. The van der Waals surface area contributed by atoms with Gasteiger partial charge in [-0.05, 0) is 45.6 Å². The number of hydrogen-bond acceptors (Lipinski definition) is 6. The summed E-state index contributed by atoms with van der Waals surface area (Å²) >= 11 is 0. The van der Waals surface area contributed by atoms with Crippen LogP contribution in [-0.4, -0.2) is 60.6 Å². The zero-order valence-electron chi connectivity index (χ0n) is 21.3. The quantitative estimate of drug-likeness (QED) is 0.473. The maximum atomic E-state index is 13.5. The molecule has 9 nitrogen and oxygen atoms in total. The van der Waals surface area contributed by atoms with Crippen molar-refractivity contribution in [2.24, 2.45) is 5.92 Å². The van der Waals surface area contributed by atoms with Crippen LogP contribution in [0.2, 0.25) is 0 Å². The van der Waals surface area contributed by atoms with Gasteiger partial charge < -0.3 is 25.0 Å². The predicted molar refractivity (Wildman–Crippen MR) is 129 cm³/mol. The largest absolute Gasteiger partial charge is 0.466 e. The van der Waals surface area contributed by atoms with Crippen molar-refractivity contribution in [2.75, 3.05) is 20.2 Å². The molecule has 0 saturated carbocycles. The third-order valence-electron chi connectivity index (χ3n) is 4.73. The summed E-state index contributed by atoms with van der Waals surface area (Å²) in [6.07, 6.45) is -0.307. The van der Waals surface area contributed by atoms with E-state index in [1.165, 1.54) is 11.9 Å². The monoisotopic (exact) mass is 477 g/mol. The van der Waals surface area contributed by atoms with Crippen LogP contribution in [0.4, 0.5) is 4.79 Å². The molecule has 0 bridgehead atoms. The van der Waals surface area contributed by atoms with Crippen molar-refractivity contribution < 1.29 is 28.7 Å². The van der Waals surface area contributed by atoms with Gasteiger partial charge in [0.15, 0.2) is 0 Å². The van der Waals surface area contributed by atoms with E-state index in [1.54, 1.807) is 52.0 Å². The Kier molecular flexibility index (Phi) is 11.5. The minimum Gasteiger partial charge on any atom is -0.466 e. The van der Waals surface area contributed by atoms with Crippen molar-refractivity contribution in [3.63, 3.8) is 0 Å². The summed E-state index contributed by atoms with van der Waals surface area (Å²) in [4.78, 5) is 51.9. The summed E-state index contributed by atoms with van der Waals surface area (Å²) in [5, 5.41) is 5.37. The second-order valence-corrected chi connectivity index (χ2v) is 9.44. The first-order valence-corrected chi connectivity index (χ1v) is 11.6. The molecule has 0 saturated heterocycles. The van der Waals surface area contributed by atoms with Gasteiger partial charge in [-0.2, -0.15) is 0 Å². The summed E-state index contributed by atoms with van der Waals surface area (Å²) < 4.78 is 10.2. The Balaban J connectivity index is 3.09. The topological polar surface area (TPSA) is 114 Å². The molecule has 3 amide bonds. The molecule has 9 heteroatoms. The highest BCUT2D eigenvalue weighted by molar-refractivity contribution is 5.92. The van der Waals surface area contributed by atoms with Crippen LogP contribution in [0.15, 0.2) is 30.3 Å². The number of hydrogen-bond donors (Lipinski definition) is 2. The van der Waals surface area contributed by atoms with Gasteiger partial charge in [-0.3, -0.25) is 14.4 Å². The van der Waals surface area contributed by atoms with E-state index in [-0.39, 0.29) is 25.5 Å². The molecule has 0 radical (unpaired) electrons. The summed E-state index contributed by atoms with van der Waals surface area (Å²) in [5.41, 5.74) is -0.111. The second kappa shape index (κ2) is 13.6. The molecule has 2 N–H and O–H groups in total. The van der Waals surface area contributed by atoms with E-state index in [2.05, 4.69) is 10.6 Å². The van der Waals surface area contributed by atoms with Crippen LogP contribution < -0.4 is 10.6 Å². The Morgan fingerprint density at radius 2 is 1.68 bits per heavy atom. The first-order valence-electron chi connectivity index (χ1n) is 11.6. The molecule has 0 heterocycles. The lowest BCUT2D eigenvalue weighted by Crippen LogP contribution is -2.52. The zero-order valence-corrected chi connectivity index (χ0v) is 21.3. The third kappa shape index (κ3) is 10.2. The van der Waals surface area contributed by atoms with Gasteiger partial charge in [0.25, 0.3) is 0 Å². The van der Waals surface area contributed by atoms with Gasteiger partial charge in [-0.25, -0.2) is 4.79 Å². The maximum Gasteiger partial charge on any atom is 0.408 e. The molecule has 0 aliphatic heterocycles. The Morgan fingerprint density at radius 1 is 1.06 bits per heavy atom. The van der Waals surface area contributed by atoms with Gasteiger partial charge in [-0.1, -0.05) is 44.2 Å². The second-order valence-electron chi connectivity index (χ2n) is 9.44. The van der Waals surface area contributed by atoms with E-state index in [0.717, 1.165) is 0 Å². The lowest BCUT2D eigenvalue weighted by Gasteiger charge is -2.32. The van der Waals surface area contributed by atoms with E-state index in [4.69, 9.17) is 9.47 Å². The molecule has 2 unspecified atom stereocenters. The number of likely N-dealkylation sites (N-methyl/N-ethyl adjacent to an activating group) is 1. The molecule has 190 valence electrons. The highest BCUT2D eigenvalue weighted by Crippen LogP contribution is 2.22. The average Bonchev–Trinajstić information content (AvgIpc) is 2.72. The van der Waals surface area contributed by atoms with Crippen LogP contribution in [0.1, 0.15) is 66.0 Å². The summed E-state index contributed by atoms with van der Waals surface area (Å²) in [6, 6.07) is 7.03. The minimum atomic E-state index is -0.953. The fraction of sp³-hybridized carbons (Fsp3) is 0.600. The maximum absolute atomic E-state index is 13.5. The normalized spacial score (nSPS) is 12.9. The van der Waals surface area contributed by atoms with Gasteiger partial charge >= 0.3 is 12.1 Å². The van der Waals surface area contributed by atoms with Crippen molar-refractivity contribution >= 4 is 23.9 Å². The van der Waals surface area contributed by atoms with Gasteiger partial charge in [0.05, 0.1) is 13.0 Å². The van der Waals surface area contributed by atoms with Crippen molar-refractivity contribution in [3.8, 4) is 0 Å². The SMILES string of the molecule is CCOC(=O)CCNC(=O)C(c1ccccc1)N(C)C(=O)C(CC(C)C)NC(=O)OC(C)(C)C. The molecule has 2 atom stereocenters. The fourth-order valence-corrected chi connectivity index (χ4v) is 3.32. The fourth-order valence-electron chi connectivity index (χ4n) is 3.32. The highest BCUT2D eigenvalue weighted by atomic mass is 16.6. The molecule has 1 rings (SSSR count). The van der Waals surface area contributed by atoms with E-state index in [1.807, 2.05) is 19.9 Å². The number of carbonyl (C=O) groups excluding carboxylic acids is 4. The van der Waals surface area contributed by atoms with Crippen molar-refractivity contribution in [3.05, 3.63) is 35.9 Å². The average molecular weight is 478 g/mol. The summed E-state index contributed by atoms with van der Waals surface area (Å²) in [5.74, 6) is -1.17. The number of ether oxygens (including phenoxy) is 2. The van der Waals surface area contributed by atoms with Gasteiger partial charge in [0.1, 0.15) is 17.7 Å². The smallest absolute Gasteiger partial charge is 0.408 e. The molecule has 1 aromatic carbocycles. The Labute approximate surface area is 202 Å². The van der Waals surface area contributed by atoms with E-state index >= 15 is 0 Å². The first-order chi connectivity index (χ1) is 15.9. The number of nitrogens with zero attached hydrogens (tertiary/aromatic N) is 1. The third-order valence-corrected chi connectivity index (χ3v) is 4.73. The van der Waals surface area contributed by atoms with Crippen LogP contribution in [0.25, 0.3) is 0 Å². The van der Waals surface area contributed by atoms with Gasteiger partial charge in [0, 0.05) is 13.6 Å². The van der Waals surface area contributed by atoms with Crippen LogP contribution >= 0.6 is 0 Å². The summed E-state index contributed by atoms with van der Waals surface area (Å²) in [7, 11) is 1.52. The van der Waals surface area contributed by atoms with Gasteiger partial charge in [-0.15, -0.1) is 0 Å². The number of nitrogens with one attached hydrogen (secondary N) is 2. The first kappa shape index (κ1) is 28.9. The molecule has 0 spiro atoms. The molecule has 0 aromatic heterocycles. The standard InChI is InChI=1S/C25H39N3O6/c1-8-33-20(29)14-15-26-22(30)21(18-12-10-9-11-13-18)28(7)23(31)19(16-17(2)3)27-24(32)34-25(4,5)6/h9-13,17,19,21H,8,14-16H2,1-7H3,(H,26,30)(H,27,32). The van der Waals surface area contributed by atoms with Crippen molar-refractivity contribution in [1.82, 2.24) is 15.5 Å². The highest BCUT2D eigenvalue weighted by Gasteiger charge is 2.34. The zero-order chi connectivity index (χ0) is 25.9. The van der Waals surface area contributed by atoms with Gasteiger partial charge in [0.2, 0.25) is 11.8 Å². The Hall–Kier alpha value is -3.10. The molecular formula is C25H39N3O6. The number of alkyl carbamates (subject to hydrolysis) is 1. The Morgan fingerprint density at radius 3 is 2.21 bits per heavy atom. The predicted octanol–water partition coefficient (Wildman–Crippen LogP) is 3.19. The number of esters is 1. The van der Waals surface area contributed by atoms with Crippen LogP contribution in [0.5, 0.6) is 0 Å². The van der Waals surface area contributed by atoms with Crippen LogP contribution in [0.3, 0.4) is 0 Å². The van der Waals surface area contributed by atoms with E-state index in [0.29, 0.717) is 12.0 Å². The van der Waals surface area contributed by atoms with Crippen LogP contribution in [0, 0.1) is 5.92 Å². The lowest BCUT2D eigenvalue weighted by atomic mass is 10.00. The molecule has 0 aliphatic carbocycles. The van der Waals surface area contributed by atoms with Crippen LogP contribution in [-0.2, 0) is 23.9 Å². The number of amides is 3. The van der Waals surface area contributed by atoms with E-state index in [9.17, 15) is 19.2 Å². The molecule has 1 aromatic rings. The molecule has 34 heavy (non-hydrogen) atoms. The molecule has 0 fully saturated rings. The van der Waals surface area contributed by atoms with Crippen molar-refractivity contribution in [1.29, 1.82) is 0 Å². The lowest BCUT2D eigenvalue weighted by molar-refractivity contribution is -0.143. The number of benzene rings is 1. The Bertz CT molecular complexity index is 820. The van der Waals surface area contributed by atoms with Crippen molar-refractivity contribution in [2.45, 2.75) is 72.1 Å². The molecular weight excluding hydrogens is 438 g/mol. The minimum absolute atomic E-state index is 0.0227. The number of carbonyl (C=O) groups is 4. The number of rotatable bonds is 11. The molecule has 0 aliphatic rings.